The second kappa shape index (κ2) is 6.91. The number of anilines is 1. The summed E-state index contributed by atoms with van der Waals surface area (Å²) in [5.74, 6) is 1.60. The molecular formula is C24H23N7. The van der Waals surface area contributed by atoms with Gasteiger partial charge in [0.05, 0.1) is 28.1 Å². The Morgan fingerprint density at radius 2 is 1.77 bits per heavy atom. The number of nitrogens with zero attached hydrogens (tertiary/aromatic N) is 6. The summed E-state index contributed by atoms with van der Waals surface area (Å²) in [5.41, 5.74) is 7.85. The molecule has 0 radical (unpaired) electrons. The van der Waals surface area contributed by atoms with Crippen molar-refractivity contribution in [3.63, 3.8) is 0 Å². The molecule has 0 aliphatic carbocycles. The van der Waals surface area contributed by atoms with E-state index in [4.69, 9.17) is 15.1 Å². The molecule has 1 aliphatic rings. The minimum Gasteiger partial charge on any atom is -0.371 e. The molecule has 2 aromatic carbocycles. The molecular weight excluding hydrogens is 386 g/mol. The summed E-state index contributed by atoms with van der Waals surface area (Å²) in [4.78, 5) is 20.1. The van der Waals surface area contributed by atoms with E-state index in [1.165, 1.54) is 12.8 Å². The summed E-state index contributed by atoms with van der Waals surface area (Å²) in [7, 11) is 0. The number of aryl methyl sites for hydroxylation is 2. The van der Waals surface area contributed by atoms with Gasteiger partial charge in [-0.2, -0.15) is 0 Å². The van der Waals surface area contributed by atoms with Crippen LogP contribution in [0, 0.1) is 13.8 Å². The van der Waals surface area contributed by atoms with Gasteiger partial charge < -0.3 is 9.88 Å². The summed E-state index contributed by atoms with van der Waals surface area (Å²) in [6.45, 7) is 6.06. The average Bonchev–Trinajstić information content (AvgIpc) is 3.55. The molecule has 1 N–H and O–H groups in total. The third-order valence-corrected chi connectivity index (χ3v) is 6.04. The van der Waals surface area contributed by atoms with E-state index in [9.17, 15) is 0 Å². The largest absolute Gasteiger partial charge is 0.371 e. The van der Waals surface area contributed by atoms with E-state index < -0.39 is 0 Å². The third-order valence-electron chi connectivity index (χ3n) is 6.04. The monoisotopic (exact) mass is 409 g/mol. The van der Waals surface area contributed by atoms with Crippen molar-refractivity contribution in [1.82, 2.24) is 29.5 Å². The van der Waals surface area contributed by atoms with Crippen molar-refractivity contribution in [2.24, 2.45) is 0 Å². The first-order valence-electron chi connectivity index (χ1n) is 10.7. The summed E-state index contributed by atoms with van der Waals surface area (Å²) in [6, 6.07) is 14.6. The van der Waals surface area contributed by atoms with E-state index in [0.717, 1.165) is 69.6 Å². The number of H-pyrrole nitrogens is 1. The minimum absolute atomic E-state index is 0.721. The van der Waals surface area contributed by atoms with Gasteiger partial charge >= 0.3 is 0 Å². The molecule has 5 aromatic rings. The standard InChI is InChI=1S/C24H23N7/c1-15-14-25-16(2)24-28-23(29-31(15)24)18-12-19-20(13-21(18)30-10-6-7-11-30)27-22(26-19)17-8-4-3-5-9-17/h3-5,8-9,12-14H,6-7,10-11H2,1-2H3,(H,26,27). The van der Waals surface area contributed by atoms with Gasteiger partial charge in [0, 0.05) is 30.4 Å². The molecule has 4 heterocycles. The predicted molar refractivity (Wildman–Crippen MR) is 122 cm³/mol. The summed E-state index contributed by atoms with van der Waals surface area (Å²) >= 11 is 0. The van der Waals surface area contributed by atoms with Gasteiger partial charge in [-0.15, -0.1) is 5.10 Å². The molecule has 154 valence electrons. The molecule has 3 aromatic heterocycles. The highest BCUT2D eigenvalue weighted by Gasteiger charge is 2.22. The van der Waals surface area contributed by atoms with Crippen LogP contribution in [0.25, 0.3) is 39.5 Å². The maximum atomic E-state index is 4.88. The Bertz CT molecular complexity index is 1370. The maximum Gasteiger partial charge on any atom is 0.184 e. The summed E-state index contributed by atoms with van der Waals surface area (Å²) < 4.78 is 1.89. The van der Waals surface area contributed by atoms with Crippen molar-refractivity contribution >= 4 is 22.4 Å². The molecule has 0 atom stereocenters. The van der Waals surface area contributed by atoms with Crippen molar-refractivity contribution in [2.45, 2.75) is 26.7 Å². The SMILES string of the molecule is Cc1ncc(C)n2nc(-c3cc4[nH]c(-c5ccccc5)nc4cc3N3CCCC3)nc12. The number of imidazole rings is 1. The minimum atomic E-state index is 0.721. The topological polar surface area (TPSA) is 75.0 Å². The quantitative estimate of drug-likeness (QED) is 0.473. The Balaban J connectivity index is 1.57. The lowest BCUT2D eigenvalue weighted by molar-refractivity contribution is 0.890. The molecule has 6 rings (SSSR count). The van der Waals surface area contributed by atoms with Crippen LogP contribution in [0.1, 0.15) is 24.2 Å². The van der Waals surface area contributed by atoms with Crippen LogP contribution in [0.3, 0.4) is 0 Å². The second-order valence-corrected chi connectivity index (χ2v) is 8.19. The first-order chi connectivity index (χ1) is 15.2. The molecule has 31 heavy (non-hydrogen) atoms. The number of hydrogen-bond donors (Lipinski definition) is 1. The zero-order valence-electron chi connectivity index (χ0n) is 17.6. The molecule has 0 amide bonds. The van der Waals surface area contributed by atoms with E-state index in [1.807, 2.05) is 42.8 Å². The lowest BCUT2D eigenvalue weighted by Gasteiger charge is -2.20. The van der Waals surface area contributed by atoms with Crippen LogP contribution in [-0.2, 0) is 0 Å². The maximum absolute atomic E-state index is 4.88. The number of aromatic nitrogens is 6. The van der Waals surface area contributed by atoms with Crippen molar-refractivity contribution in [3.05, 3.63) is 60.0 Å². The Morgan fingerprint density at radius 3 is 2.55 bits per heavy atom. The fraction of sp³-hybridized carbons (Fsp3) is 0.250. The lowest BCUT2D eigenvalue weighted by atomic mass is 10.1. The van der Waals surface area contributed by atoms with Crippen molar-refractivity contribution in [1.29, 1.82) is 0 Å². The number of benzene rings is 2. The van der Waals surface area contributed by atoms with Gasteiger partial charge in [-0.25, -0.2) is 14.5 Å². The Kier molecular flexibility index (Phi) is 4.02. The molecule has 1 fully saturated rings. The van der Waals surface area contributed by atoms with Gasteiger partial charge in [0.15, 0.2) is 11.5 Å². The molecule has 1 saturated heterocycles. The Hall–Kier alpha value is -3.74. The fourth-order valence-electron chi connectivity index (χ4n) is 4.39. The van der Waals surface area contributed by atoms with E-state index in [-0.39, 0.29) is 0 Å². The summed E-state index contributed by atoms with van der Waals surface area (Å²) in [6.07, 6.45) is 4.24. The second-order valence-electron chi connectivity index (χ2n) is 8.19. The molecule has 1 aliphatic heterocycles. The molecule has 0 spiro atoms. The predicted octanol–water partition coefficient (Wildman–Crippen LogP) is 4.55. The van der Waals surface area contributed by atoms with Gasteiger partial charge in [-0.3, -0.25) is 4.98 Å². The lowest BCUT2D eigenvalue weighted by Crippen LogP contribution is -2.18. The van der Waals surface area contributed by atoms with E-state index >= 15 is 0 Å². The van der Waals surface area contributed by atoms with Crippen LogP contribution in [0.2, 0.25) is 0 Å². The average molecular weight is 409 g/mol. The molecule has 7 nitrogen and oxygen atoms in total. The highest BCUT2D eigenvalue weighted by atomic mass is 15.3. The van der Waals surface area contributed by atoms with Crippen molar-refractivity contribution < 1.29 is 0 Å². The van der Waals surface area contributed by atoms with Gasteiger partial charge in [0.2, 0.25) is 0 Å². The van der Waals surface area contributed by atoms with Gasteiger partial charge in [-0.1, -0.05) is 30.3 Å². The van der Waals surface area contributed by atoms with Crippen molar-refractivity contribution in [3.8, 4) is 22.8 Å². The van der Waals surface area contributed by atoms with Crippen LogP contribution in [0.15, 0.2) is 48.7 Å². The van der Waals surface area contributed by atoms with E-state index in [2.05, 4.69) is 39.1 Å². The van der Waals surface area contributed by atoms with E-state index in [1.54, 1.807) is 0 Å². The highest BCUT2D eigenvalue weighted by molar-refractivity contribution is 5.91. The third kappa shape index (κ3) is 2.96. The molecule has 0 unspecified atom stereocenters. The molecule has 0 saturated carbocycles. The van der Waals surface area contributed by atoms with Crippen molar-refractivity contribution in [2.75, 3.05) is 18.0 Å². The van der Waals surface area contributed by atoms with Gasteiger partial charge in [0.1, 0.15) is 5.82 Å². The zero-order valence-corrected chi connectivity index (χ0v) is 17.6. The smallest absolute Gasteiger partial charge is 0.184 e. The van der Waals surface area contributed by atoms with Crippen LogP contribution in [0.5, 0.6) is 0 Å². The van der Waals surface area contributed by atoms with E-state index in [0.29, 0.717) is 0 Å². The zero-order chi connectivity index (χ0) is 20.9. The number of nitrogens with one attached hydrogen (secondary N) is 1. The van der Waals surface area contributed by atoms with Crippen LogP contribution < -0.4 is 4.90 Å². The number of fused-ring (bicyclic) bond motifs is 2. The van der Waals surface area contributed by atoms with Crippen LogP contribution in [-0.4, -0.2) is 42.6 Å². The van der Waals surface area contributed by atoms with Gasteiger partial charge in [0.25, 0.3) is 0 Å². The number of hydrogen-bond acceptors (Lipinski definition) is 5. The Morgan fingerprint density at radius 1 is 0.968 bits per heavy atom. The fourth-order valence-corrected chi connectivity index (χ4v) is 4.39. The number of rotatable bonds is 3. The summed E-state index contributed by atoms with van der Waals surface area (Å²) in [5, 5.41) is 4.85. The van der Waals surface area contributed by atoms with Gasteiger partial charge in [-0.05, 0) is 38.8 Å². The van der Waals surface area contributed by atoms with Crippen LogP contribution >= 0.6 is 0 Å². The molecule has 0 bridgehead atoms. The van der Waals surface area contributed by atoms with Crippen LogP contribution in [0.4, 0.5) is 5.69 Å². The molecule has 7 heteroatoms. The normalized spacial score (nSPS) is 14.2. The first kappa shape index (κ1) is 18.1. The highest BCUT2D eigenvalue weighted by Crippen LogP contribution is 2.36. The number of aromatic amines is 1. The first-order valence-corrected chi connectivity index (χ1v) is 10.7. The Labute approximate surface area is 179 Å².